The van der Waals surface area contributed by atoms with Gasteiger partial charge in [0, 0.05) is 12.6 Å². The van der Waals surface area contributed by atoms with Gasteiger partial charge in [-0.15, -0.1) is 0 Å². The molecule has 0 unspecified atom stereocenters. The standard InChI is InChI=1S/C10H19NO/c1-2-10(11-6-1)8-12-7-5-9-3-4-9/h9-11H,1-8H2/t10-/m0/s1. The van der Waals surface area contributed by atoms with Gasteiger partial charge in [-0.2, -0.15) is 0 Å². The van der Waals surface area contributed by atoms with E-state index in [0.717, 1.165) is 19.1 Å². The smallest absolute Gasteiger partial charge is 0.0619 e. The second kappa shape index (κ2) is 4.24. The molecule has 70 valence electrons. The molecule has 2 heteroatoms. The Morgan fingerprint density at radius 1 is 1.25 bits per heavy atom. The fourth-order valence-electron chi connectivity index (χ4n) is 1.78. The molecule has 12 heavy (non-hydrogen) atoms. The topological polar surface area (TPSA) is 21.3 Å². The molecule has 1 saturated carbocycles. The molecule has 2 aliphatic rings. The third kappa shape index (κ3) is 2.76. The zero-order chi connectivity index (χ0) is 8.23. The van der Waals surface area contributed by atoms with Crippen molar-refractivity contribution in [1.29, 1.82) is 0 Å². The largest absolute Gasteiger partial charge is 0.380 e. The van der Waals surface area contributed by atoms with Gasteiger partial charge in [0.15, 0.2) is 0 Å². The Hall–Kier alpha value is -0.0800. The predicted octanol–water partition coefficient (Wildman–Crippen LogP) is 1.56. The molecule has 2 nitrogen and oxygen atoms in total. The van der Waals surface area contributed by atoms with Gasteiger partial charge in [-0.25, -0.2) is 0 Å². The minimum absolute atomic E-state index is 0.657. The van der Waals surface area contributed by atoms with Crippen molar-refractivity contribution in [2.24, 2.45) is 5.92 Å². The fourth-order valence-corrected chi connectivity index (χ4v) is 1.78. The van der Waals surface area contributed by atoms with Crippen LogP contribution in [0.4, 0.5) is 0 Å². The second-order valence-electron chi connectivity index (χ2n) is 4.10. The molecule has 2 rings (SSSR count). The Morgan fingerprint density at radius 2 is 2.17 bits per heavy atom. The van der Waals surface area contributed by atoms with Crippen LogP contribution in [-0.2, 0) is 4.74 Å². The van der Waals surface area contributed by atoms with Crippen LogP contribution in [0.1, 0.15) is 32.1 Å². The number of nitrogens with one attached hydrogen (secondary N) is 1. The van der Waals surface area contributed by atoms with Gasteiger partial charge < -0.3 is 10.1 Å². The summed E-state index contributed by atoms with van der Waals surface area (Å²) in [7, 11) is 0. The van der Waals surface area contributed by atoms with E-state index in [4.69, 9.17) is 4.74 Å². The van der Waals surface area contributed by atoms with E-state index >= 15 is 0 Å². The molecule has 0 spiro atoms. The van der Waals surface area contributed by atoms with E-state index in [2.05, 4.69) is 5.32 Å². The van der Waals surface area contributed by atoms with E-state index in [1.165, 1.54) is 38.6 Å². The van der Waals surface area contributed by atoms with Crippen molar-refractivity contribution in [3.63, 3.8) is 0 Å². The van der Waals surface area contributed by atoms with Crippen LogP contribution < -0.4 is 5.32 Å². The van der Waals surface area contributed by atoms with Crippen LogP contribution in [0.25, 0.3) is 0 Å². The van der Waals surface area contributed by atoms with E-state index in [9.17, 15) is 0 Å². The van der Waals surface area contributed by atoms with Crippen molar-refractivity contribution in [3.05, 3.63) is 0 Å². The summed E-state index contributed by atoms with van der Waals surface area (Å²) < 4.78 is 5.61. The minimum Gasteiger partial charge on any atom is -0.380 e. The monoisotopic (exact) mass is 169 g/mol. The lowest BCUT2D eigenvalue weighted by molar-refractivity contribution is 0.111. The molecule has 0 amide bonds. The number of hydrogen-bond donors (Lipinski definition) is 1. The van der Waals surface area contributed by atoms with Crippen LogP contribution >= 0.6 is 0 Å². The van der Waals surface area contributed by atoms with Crippen molar-refractivity contribution in [3.8, 4) is 0 Å². The second-order valence-corrected chi connectivity index (χ2v) is 4.10. The summed E-state index contributed by atoms with van der Waals surface area (Å²) in [4.78, 5) is 0. The highest BCUT2D eigenvalue weighted by Crippen LogP contribution is 2.32. The molecule has 1 atom stereocenters. The van der Waals surface area contributed by atoms with E-state index in [-0.39, 0.29) is 0 Å². The summed E-state index contributed by atoms with van der Waals surface area (Å²) in [6, 6.07) is 0.657. The molecular formula is C10H19NO. The van der Waals surface area contributed by atoms with Crippen molar-refractivity contribution < 1.29 is 4.74 Å². The third-order valence-electron chi connectivity index (χ3n) is 2.85. The molecule has 0 aromatic carbocycles. The summed E-state index contributed by atoms with van der Waals surface area (Å²) in [6.45, 7) is 3.12. The molecule has 1 N–H and O–H groups in total. The van der Waals surface area contributed by atoms with Crippen LogP contribution in [0, 0.1) is 5.92 Å². The highest BCUT2D eigenvalue weighted by Gasteiger charge is 2.20. The van der Waals surface area contributed by atoms with Crippen LogP contribution in [0.3, 0.4) is 0 Å². The van der Waals surface area contributed by atoms with Crippen molar-refractivity contribution in [2.45, 2.75) is 38.1 Å². The van der Waals surface area contributed by atoms with Gasteiger partial charge in [0.25, 0.3) is 0 Å². The molecule has 2 fully saturated rings. The molecule has 0 radical (unpaired) electrons. The average molecular weight is 169 g/mol. The zero-order valence-electron chi connectivity index (χ0n) is 7.72. The average Bonchev–Trinajstić information content (AvgIpc) is 2.76. The zero-order valence-corrected chi connectivity index (χ0v) is 7.72. The van der Waals surface area contributed by atoms with E-state index in [0.29, 0.717) is 6.04 Å². The maximum absolute atomic E-state index is 5.61. The Bertz CT molecular complexity index is 128. The lowest BCUT2D eigenvalue weighted by Crippen LogP contribution is -2.26. The first-order valence-corrected chi connectivity index (χ1v) is 5.26. The maximum atomic E-state index is 5.61. The first kappa shape index (κ1) is 8.52. The summed E-state index contributed by atoms with van der Waals surface area (Å²) >= 11 is 0. The lowest BCUT2D eigenvalue weighted by Gasteiger charge is -2.10. The van der Waals surface area contributed by atoms with Gasteiger partial charge in [-0.1, -0.05) is 12.8 Å². The van der Waals surface area contributed by atoms with E-state index in [1.807, 2.05) is 0 Å². The molecule has 1 aliphatic heterocycles. The number of ether oxygens (including phenoxy) is 1. The normalized spacial score (nSPS) is 29.5. The van der Waals surface area contributed by atoms with E-state index < -0.39 is 0 Å². The van der Waals surface area contributed by atoms with Crippen molar-refractivity contribution >= 4 is 0 Å². The molecular weight excluding hydrogens is 150 g/mol. The Labute approximate surface area is 74.7 Å². The number of hydrogen-bond acceptors (Lipinski definition) is 2. The Morgan fingerprint density at radius 3 is 2.83 bits per heavy atom. The Balaban J connectivity index is 1.44. The number of rotatable bonds is 5. The van der Waals surface area contributed by atoms with Gasteiger partial charge in [-0.05, 0) is 31.7 Å². The SMILES string of the molecule is C1CN[C@H](COCCC2CC2)C1. The summed E-state index contributed by atoms with van der Waals surface area (Å²) in [5.41, 5.74) is 0. The van der Waals surface area contributed by atoms with Gasteiger partial charge >= 0.3 is 0 Å². The highest BCUT2D eigenvalue weighted by molar-refractivity contribution is 4.74. The Kier molecular flexibility index (Phi) is 3.01. The molecule has 0 aromatic heterocycles. The van der Waals surface area contributed by atoms with Crippen molar-refractivity contribution in [2.75, 3.05) is 19.8 Å². The quantitative estimate of drug-likeness (QED) is 0.631. The van der Waals surface area contributed by atoms with Crippen LogP contribution in [-0.4, -0.2) is 25.8 Å². The van der Waals surface area contributed by atoms with Gasteiger partial charge in [0.2, 0.25) is 0 Å². The summed E-state index contributed by atoms with van der Waals surface area (Å²) in [5.74, 6) is 1.02. The molecule has 1 saturated heterocycles. The van der Waals surface area contributed by atoms with Gasteiger partial charge in [0.05, 0.1) is 6.61 Å². The van der Waals surface area contributed by atoms with Crippen LogP contribution in [0.5, 0.6) is 0 Å². The maximum Gasteiger partial charge on any atom is 0.0619 e. The van der Waals surface area contributed by atoms with E-state index in [1.54, 1.807) is 0 Å². The first-order chi connectivity index (χ1) is 5.95. The minimum atomic E-state index is 0.657. The molecule has 1 heterocycles. The highest BCUT2D eigenvalue weighted by atomic mass is 16.5. The third-order valence-corrected chi connectivity index (χ3v) is 2.85. The molecule has 0 bridgehead atoms. The van der Waals surface area contributed by atoms with Gasteiger partial charge in [-0.3, -0.25) is 0 Å². The molecule has 1 aliphatic carbocycles. The fraction of sp³-hybridized carbons (Fsp3) is 1.00. The predicted molar refractivity (Wildman–Crippen MR) is 49.2 cm³/mol. The van der Waals surface area contributed by atoms with Crippen LogP contribution in [0.2, 0.25) is 0 Å². The lowest BCUT2D eigenvalue weighted by atomic mass is 10.2. The molecule has 0 aromatic rings. The summed E-state index contributed by atoms with van der Waals surface area (Å²) in [5, 5.41) is 3.44. The van der Waals surface area contributed by atoms with Gasteiger partial charge in [0.1, 0.15) is 0 Å². The van der Waals surface area contributed by atoms with Crippen molar-refractivity contribution in [1.82, 2.24) is 5.32 Å². The first-order valence-electron chi connectivity index (χ1n) is 5.26. The van der Waals surface area contributed by atoms with Crippen LogP contribution in [0.15, 0.2) is 0 Å². The summed E-state index contributed by atoms with van der Waals surface area (Å²) in [6.07, 6.45) is 6.84.